The first-order valence-electron chi connectivity index (χ1n) is 9.84. The Kier molecular flexibility index (Phi) is 7.53. The summed E-state index contributed by atoms with van der Waals surface area (Å²) >= 11 is -0.134. The van der Waals surface area contributed by atoms with Crippen molar-refractivity contribution in [3.05, 3.63) is 54.1 Å². The lowest BCUT2D eigenvalue weighted by atomic mass is 10.1. The second-order valence-corrected chi connectivity index (χ2v) is 8.04. The third kappa shape index (κ3) is 6.32. The van der Waals surface area contributed by atoms with E-state index >= 15 is 0 Å². The average Bonchev–Trinajstić information content (AvgIpc) is 3.15. The number of rotatable bonds is 8. The number of esters is 1. The Morgan fingerprint density at radius 2 is 1.90 bits per heavy atom. The number of hydrogen-bond donors (Lipinski definition) is 0. The van der Waals surface area contributed by atoms with Crippen LogP contribution in [-0.2, 0) is 16.1 Å². The molecule has 0 bridgehead atoms. The van der Waals surface area contributed by atoms with Gasteiger partial charge < -0.3 is 14.4 Å². The van der Waals surface area contributed by atoms with Crippen molar-refractivity contribution in [2.45, 2.75) is 49.2 Å². The Hall–Kier alpha value is -2.35. The Balaban J connectivity index is 1.61. The summed E-state index contributed by atoms with van der Waals surface area (Å²) in [5.74, 6) is 0.386. The van der Waals surface area contributed by atoms with Crippen molar-refractivity contribution < 1.29 is 27.4 Å². The highest BCUT2D eigenvalue weighted by Crippen LogP contribution is 2.38. The van der Waals surface area contributed by atoms with Gasteiger partial charge in [0.15, 0.2) is 0 Å². The summed E-state index contributed by atoms with van der Waals surface area (Å²) in [5, 5.41) is 0. The molecule has 0 radical (unpaired) electrons. The van der Waals surface area contributed by atoms with Crippen molar-refractivity contribution in [3.8, 4) is 5.75 Å². The van der Waals surface area contributed by atoms with Crippen LogP contribution >= 0.6 is 11.8 Å². The van der Waals surface area contributed by atoms with Crippen LogP contribution < -0.4 is 9.64 Å². The van der Waals surface area contributed by atoms with Crippen LogP contribution in [0.15, 0.2) is 53.4 Å². The third-order valence-electron chi connectivity index (χ3n) is 4.85. The molecule has 0 spiro atoms. The van der Waals surface area contributed by atoms with Gasteiger partial charge in [-0.25, -0.2) is 0 Å². The molecular formula is C22H24F3NO3S. The van der Waals surface area contributed by atoms with E-state index < -0.39 is 5.51 Å². The molecule has 1 aliphatic rings. The van der Waals surface area contributed by atoms with Crippen molar-refractivity contribution in [2.75, 3.05) is 18.1 Å². The molecule has 0 aliphatic carbocycles. The molecule has 3 rings (SSSR count). The third-order valence-corrected chi connectivity index (χ3v) is 5.70. The first-order chi connectivity index (χ1) is 14.4. The van der Waals surface area contributed by atoms with Gasteiger partial charge in [0.05, 0.1) is 13.0 Å². The molecule has 2 aromatic carbocycles. The van der Waals surface area contributed by atoms with E-state index in [1.165, 1.54) is 6.07 Å². The Bertz CT molecular complexity index is 842. The zero-order chi connectivity index (χ0) is 21.6. The van der Waals surface area contributed by atoms with E-state index in [4.69, 9.17) is 9.47 Å². The number of anilines is 1. The summed E-state index contributed by atoms with van der Waals surface area (Å²) in [6, 6.07) is 13.9. The number of alkyl halides is 3. The normalized spacial score (nSPS) is 16.5. The number of ether oxygens (including phenoxy) is 2. The zero-order valence-corrected chi connectivity index (χ0v) is 17.5. The number of carbonyl (C=O) groups excluding carboxylic acids is 1. The van der Waals surface area contributed by atoms with Crippen LogP contribution in [-0.4, -0.2) is 30.7 Å². The van der Waals surface area contributed by atoms with Crippen LogP contribution in [0.3, 0.4) is 0 Å². The van der Waals surface area contributed by atoms with E-state index in [1.807, 2.05) is 12.1 Å². The number of halogens is 3. The Morgan fingerprint density at radius 3 is 2.60 bits per heavy atom. The van der Waals surface area contributed by atoms with Gasteiger partial charge in [0.25, 0.3) is 0 Å². The van der Waals surface area contributed by atoms with Crippen LogP contribution in [0.2, 0.25) is 0 Å². The molecular weight excluding hydrogens is 415 g/mol. The van der Waals surface area contributed by atoms with Crippen molar-refractivity contribution >= 4 is 23.4 Å². The van der Waals surface area contributed by atoms with Crippen LogP contribution in [0.1, 0.15) is 31.7 Å². The van der Waals surface area contributed by atoms with Crippen LogP contribution in [0.5, 0.6) is 5.75 Å². The molecule has 1 saturated heterocycles. The van der Waals surface area contributed by atoms with E-state index in [9.17, 15) is 18.0 Å². The number of hydrogen-bond acceptors (Lipinski definition) is 5. The van der Waals surface area contributed by atoms with Gasteiger partial charge in [-0.15, -0.1) is 0 Å². The first kappa shape index (κ1) is 22.3. The smallest absolute Gasteiger partial charge is 0.446 e. The van der Waals surface area contributed by atoms with Crippen molar-refractivity contribution in [3.63, 3.8) is 0 Å². The van der Waals surface area contributed by atoms with E-state index in [-0.39, 0.29) is 35.3 Å². The van der Waals surface area contributed by atoms with Crippen molar-refractivity contribution in [2.24, 2.45) is 0 Å². The topological polar surface area (TPSA) is 38.8 Å². The van der Waals surface area contributed by atoms with E-state index in [2.05, 4.69) is 4.90 Å². The largest absolute Gasteiger partial charge is 0.489 e. The monoisotopic (exact) mass is 439 g/mol. The van der Waals surface area contributed by atoms with Gasteiger partial charge in [-0.3, -0.25) is 4.79 Å². The molecule has 30 heavy (non-hydrogen) atoms. The zero-order valence-electron chi connectivity index (χ0n) is 16.7. The van der Waals surface area contributed by atoms with E-state index in [1.54, 1.807) is 37.3 Å². The number of carbonyl (C=O) groups is 1. The Labute approximate surface area is 178 Å². The summed E-state index contributed by atoms with van der Waals surface area (Å²) in [6.07, 6.45) is 2.31. The highest BCUT2D eigenvalue weighted by Gasteiger charge is 2.30. The lowest BCUT2D eigenvalue weighted by Gasteiger charge is -2.26. The summed E-state index contributed by atoms with van der Waals surface area (Å²) in [6.45, 7) is 3.09. The lowest BCUT2D eigenvalue weighted by molar-refractivity contribution is -0.143. The van der Waals surface area contributed by atoms with Gasteiger partial charge >= 0.3 is 11.5 Å². The van der Waals surface area contributed by atoms with Gasteiger partial charge in [-0.2, -0.15) is 13.2 Å². The van der Waals surface area contributed by atoms with Crippen molar-refractivity contribution in [1.82, 2.24) is 0 Å². The van der Waals surface area contributed by atoms with Gasteiger partial charge in [0.1, 0.15) is 12.4 Å². The molecule has 0 aromatic heterocycles. The number of thioether (sulfide) groups is 1. The molecule has 0 saturated carbocycles. The van der Waals surface area contributed by atoms with Crippen molar-refractivity contribution in [1.29, 1.82) is 0 Å². The van der Waals surface area contributed by atoms with Crippen LogP contribution in [0.4, 0.5) is 18.9 Å². The highest BCUT2D eigenvalue weighted by atomic mass is 32.2. The fraction of sp³-hybridized carbons (Fsp3) is 0.409. The van der Waals surface area contributed by atoms with E-state index in [0.717, 1.165) is 25.1 Å². The maximum Gasteiger partial charge on any atom is 0.446 e. The maximum atomic E-state index is 12.7. The van der Waals surface area contributed by atoms with Gasteiger partial charge in [-0.1, -0.05) is 18.2 Å². The van der Waals surface area contributed by atoms with Gasteiger partial charge in [0, 0.05) is 28.7 Å². The molecule has 1 heterocycles. The minimum atomic E-state index is -4.34. The average molecular weight is 439 g/mol. The number of benzene rings is 2. The first-order valence-corrected chi connectivity index (χ1v) is 10.7. The van der Waals surface area contributed by atoms with Gasteiger partial charge in [-0.05, 0) is 61.9 Å². The lowest BCUT2D eigenvalue weighted by Crippen LogP contribution is -2.31. The predicted molar refractivity (Wildman–Crippen MR) is 111 cm³/mol. The second-order valence-electron chi connectivity index (χ2n) is 6.94. The molecule has 162 valence electrons. The summed E-state index contributed by atoms with van der Waals surface area (Å²) in [5.41, 5.74) is -2.87. The van der Waals surface area contributed by atoms with Gasteiger partial charge in [0.2, 0.25) is 0 Å². The molecule has 0 amide bonds. The fourth-order valence-electron chi connectivity index (χ4n) is 3.54. The molecule has 8 heteroatoms. The Morgan fingerprint density at radius 1 is 1.17 bits per heavy atom. The minimum absolute atomic E-state index is 0.0494. The standard InChI is InChI=1S/C22H24F3NO3S/c1-2-28-21(27)14-18-7-5-13-26(18)17-9-11-19(12-10-17)29-15-16-6-3-4-8-20(16)30-22(23,24)25/h3-4,6,8-12,18H,2,5,7,13-15H2,1H3. The summed E-state index contributed by atoms with van der Waals surface area (Å²) in [7, 11) is 0. The quantitative estimate of drug-likeness (QED) is 0.384. The molecule has 1 aliphatic heterocycles. The molecule has 1 fully saturated rings. The highest BCUT2D eigenvalue weighted by molar-refractivity contribution is 8.00. The molecule has 1 atom stereocenters. The van der Waals surface area contributed by atoms with Crippen LogP contribution in [0, 0.1) is 0 Å². The summed E-state index contributed by atoms with van der Waals surface area (Å²) in [4.78, 5) is 14.2. The SMILES string of the molecule is CCOC(=O)CC1CCCN1c1ccc(OCc2ccccc2SC(F)(F)F)cc1. The maximum absolute atomic E-state index is 12.7. The molecule has 2 aromatic rings. The van der Waals surface area contributed by atoms with Crippen LogP contribution in [0.25, 0.3) is 0 Å². The molecule has 4 nitrogen and oxygen atoms in total. The van der Waals surface area contributed by atoms with E-state index in [0.29, 0.717) is 24.3 Å². The predicted octanol–water partition coefficient (Wildman–Crippen LogP) is 5.80. The molecule has 0 N–H and O–H groups in total. The fourth-order valence-corrected chi connectivity index (χ4v) is 4.20. The second kappa shape index (κ2) is 10.1. The summed E-state index contributed by atoms with van der Waals surface area (Å²) < 4.78 is 48.9. The minimum Gasteiger partial charge on any atom is -0.489 e. The molecule has 1 unspecified atom stereocenters. The number of nitrogens with zero attached hydrogens (tertiary/aromatic N) is 1.